The Labute approximate surface area is 728 Å². The van der Waals surface area contributed by atoms with Crippen molar-refractivity contribution in [3.63, 3.8) is 0 Å². The van der Waals surface area contributed by atoms with Crippen LogP contribution in [0, 0.1) is 0 Å². The molecule has 0 atom stereocenters. The van der Waals surface area contributed by atoms with Crippen molar-refractivity contribution in [2.75, 3.05) is 0 Å². The average Bonchev–Trinajstić information content (AvgIpc) is 0.852. The van der Waals surface area contributed by atoms with Gasteiger partial charge < -0.3 is 21.3 Å². The Bertz CT molecular complexity index is 3720. The van der Waals surface area contributed by atoms with Crippen LogP contribution in [0.4, 0.5) is 45.5 Å². The maximum absolute atomic E-state index is 4.95. The second-order valence-corrected chi connectivity index (χ2v) is 27.7. The number of aliphatic imine (C=N–C) groups is 4. The second-order valence-electron chi connectivity index (χ2n) is 27.7. The van der Waals surface area contributed by atoms with Crippen molar-refractivity contribution in [2.45, 2.75) is 269 Å². The molecule has 596 valence electrons. The zero-order valence-corrected chi connectivity index (χ0v) is 78.4. The zero-order valence-electron chi connectivity index (χ0n) is 72.8. The molecule has 0 heterocycles. The quantitative estimate of drug-likeness (QED) is 0.0375. The predicted octanol–water partition coefficient (Wildman–Crippen LogP) is 30.5. The fraction of sp³-hybridized carbons (Fsp3) is 0.400. The first-order valence-electron chi connectivity index (χ1n) is 40.8. The molecule has 112 heavy (non-hydrogen) atoms. The van der Waals surface area contributed by atoms with Crippen LogP contribution in [0.5, 0.6) is 0 Å². The number of nitrogens with zero attached hydrogens (tertiary/aromatic N) is 8. The molecular formula is C100H132N8V4-4. The van der Waals surface area contributed by atoms with E-state index in [1.165, 1.54) is 89.0 Å². The van der Waals surface area contributed by atoms with Gasteiger partial charge in [0.15, 0.2) is 0 Å². The molecule has 0 aliphatic rings. The minimum absolute atomic E-state index is 0. The van der Waals surface area contributed by atoms with Crippen molar-refractivity contribution in [2.24, 2.45) is 20.0 Å². The van der Waals surface area contributed by atoms with E-state index >= 15 is 0 Å². The molecule has 8 nitrogen and oxygen atoms in total. The Hall–Kier alpha value is -7.06. The van der Waals surface area contributed by atoms with E-state index in [0.717, 1.165) is 194 Å². The van der Waals surface area contributed by atoms with E-state index in [1.54, 1.807) is 0 Å². The molecular weight excluding hydrogens is 1520 g/mol. The number of hydrogen-bond donors (Lipinski definition) is 0. The number of hydrogen-bond acceptors (Lipinski definition) is 4. The monoisotopic (exact) mass is 1650 g/mol. The van der Waals surface area contributed by atoms with Crippen molar-refractivity contribution < 1.29 is 74.2 Å². The van der Waals surface area contributed by atoms with Crippen molar-refractivity contribution in [3.05, 3.63) is 303 Å². The van der Waals surface area contributed by atoms with Crippen LogP contribution in [0.3, 0.4) is 0 Å². The molecule has 8 aromatic rings. The summed E-state index contributed by atoms with van der Waals surface area (Å²) < 4.78 is 0. The standard InChI is InChI=1S/4C25H33N2.4V/c4*1-7-20-13-11-14-21(8-2)24(20)26-18(5)17-19(6)27-25-22(9-3)15-12-16-23(25)10-4;;;;/h4*11-17H,7-10H2,1-6H3;;;;/q4*-1;;;;/b4*18-17-,27-19?;;;;. The fourth-order valence-corrected chi connectivity index (χ4v) is 13.7. The Morgan fingerprint density at radius 2 is 0.304 bits per heavy atom. The van der Waals surface area contributed by atoms with Crippen LogP contribution < -0.4 is 0 Å². The molecule has 4 radical (unpaired) electrons. The molecule has 0 fully saturated rings. The molecule has 0 aromatic heterocycles. The summed E-state index contributed by atoms with van der Waals surface area (Å²) in [5.41, 5.74) is 38.0. The van der Waals surface area contributed by atoms with E-state index in [2.05, 4.69) is 336 Å². The molecule has 0 spiro atoms. The third-order valence-corrected chi connectivity index (χ3v) is 19.7. The maximum atomic E-state index is 4.95. The van der Waals surface area contributed by atoms with Gasteiger partial charge >= 0.3 is 0 Å². The van der Waals surface area contributed by atoms with Crippen LogP contribution in [0.1, 0.15) is 255 Å². The van der Waals surface area contributed by atoms with E-state index in [9.17, 15) is 0 Å². The Morgan fingerprint density at radius 1 is 0.196 bits per heavy atom. The van der Waals surface area contributed by atoms with Gasteiger partial charge in [0, 0.05) is 97.1 Å². The van der Waals surface area contributed by atoms with Gasteiger partial charge in [-0.1, -0.05) is 353 Å². The van der Waals surface area contributed by atoms with Gasteiger partial charge in [-0.25, -0.2) is 0 Å². The minimum atomic E-state index is 0. The minimum Gasteiger partial charge on any atom is -0.661 e. The van der Waals surface area contributed by atoms with Gasteiger partial charge in [-0.3, -0.25) is 20.0 Å². The summed E-state index contributed by atoms with van der Waals surface area (Å²) in [5, 5.41) is 19.8. The summed E-state index contributed by atoms with van der Waals surface area (Å²) in [7, 11) is 0. The van der Waals surface area contributed by atoms with Crippen molar-refractivity contribution >= 4 is 68.3 Å². The first-order valence-corrected chi connectivity index (χ1v) is 40.8. The van der Waals surface area contributed by atoms with Crippen LogP contribution in [0.25, 0.3) is 21.3 Å². The molecule has 0 saturated heterocycles. The van der Waals surface area contributed by atoms with Crippen LogP contribution in [-0.4, -0.2) is 22.8 Å². The molecule has 0 saturated carbocycles. The molecule has 0 unspecified atom stereocenters. The van der Waals surface area contributed by atoms with E-state index in [1.807, 2.05) is 0 Å². The SMILES string of the molecule is CCc1cccc(CC)c1N=C(C)/C=C(/C)[N-]c1c(CC)cccc1CC.CCc1cccc(CC)c1N=C(C)/C=C(/C)[N-]c1c(CC)cccc1CC.CCc1cccc(CC)c1N=C(C)/C=C(/C)[N-]c1c(CC)cccc1CC.CCc1cccc(CC)c1N=C(C)/C=C(/C)[N-]c1c(CC)cccc1CC.[V].[V].[V].[V]. The van der Waals surface area contributed by atoms with Gasteiger partial charge in [-0.05, 0) is 175 Å². The van der Waals surface area contributed by atoms with Crippen LogP contribution in [0.15, 0.2) is 213 Å². The zero-order chi connectivity index (χ0) is 79.2. The summed E-state index contributed by atoms with van der Waals surface area (Å²) in [6.07, 6.45) is 24.3. The topological polar surface area (TPSA) is 106 Å². The van der Waals surface area contributed by atoms with Gasteiger partial charge in [0.2, 0.25) is 0 Å². The molecule has 8 aromatic carbocycles. The smallest absolute Gasteiger partial charge is 0.0696 e. The fourth-order valence-electron chi connectivity index (χ4n) is 13.7. The van der Waals surface area contributed by atoms with E-state index in [0.29, 0.717) is 0 Å². The third-order valence-electron chi connectivity index (χ3n) is 19.7. The summed E-state index contributed by atoms with van der Waals surface area (Å²) in [4.78, 5) is 19.8. The number of allylic oxidation sites excluding steroid dienone is 8. The van der Waals surface area contributed by atoms with Gasteiger partial charge in [-0.15, -0.1) is 22.7 Å². The predicted molar refractivity (Wildman–Crippen MR) is 480 cm³/mol. The van der Waals surface area contributed by atoms with Crippen molar-refractivity contribution in [3.8, 4) is 0 Å². The summed E-state index contributed by atoms with van der Waals surface area (Å²) in [5.74, 6) is 0. The molecule has 0 aliphatic carbocycles. The third kappa shape index (κ3) is 31.3. The normalized spacial score (nSPS) is 11.9. The largest absolute Gasteiger partial charge is 0.661 e. The molecule has 0 N–H and O–H groups in total. The van der Waals surface area contributed by atoms with Gasteiger partial charge in [0.05, 0.1) is 22.7 Å². The molecule has 0 bridgehead atoms. The molecule has 8 rings (SSSR count). The number of rotatable bonds is 32. The molecule has 0 aliphatic heterocycles. The van der Waals surface area contributed by atoms with Crippen molar-refractivity contribution in [1.29, 1.82) is 0 Å². The molecule has 0 amide bonds. The maximum Gasteiger partial charge on any atom is 0.0696 e. The Morgan fingerprint density at radius 3 is 0.411 bits per heavy atom. The number of para-hydroxylation sites is 8. The summed E-state index contributed by atoms with van der Waals surface area (Å²) in [6, 6.07) is 51.9. The van der Waals surface area contributed by atoms with Crippen molar-refractivity contribution in [1.82, 2.24) is 0 Å². The van der Waals surface area contributed by atoms with E-state index in [4.69, 9.17) is 41.2 Å². The number of aryl methyl sites for hydroxylation is 16. The summed E-state index contributed by atoms with van der Waals surface area (Å²) in [6.45, 7) is 51.5. The van der Waals surface area contributed by atoms with E-state index < -0.39 is 0 Å². The van der Waals surface area contributed by atoms with Gasteiger partial charge in [0.1, 0.15) is 0 Å². The van der Waals surface area contributed by atoms with Gasteiger partial charge in [0.25, 0.3) is 0 Å². The van der Waals surface area contributed by atoms with E-state index in [-0.39, 0.29) is 74.2 Å². The van der Waals surface area contributed by atoms with Crippen LogP contribution in [-0.2, 0) is 177 Å². The second kappa shape index (κ2) is 55.4. The van der Waals surface area contributed by atoms with Crippen LogP contribution >= 0.6 is 0 Å². The molecule has 12 heteroatoms. The Kier molecular flexibility index (Phi) is 51.0. The average molecular weight is 1650 g/mol. The summed E-state index contributed by atoms with van der Waals surface area (Å²) >= 11 is 0. The van der Waals surface area contributed by atoms with Crippen LogP contribution in [0.2, 0.25) is 0 Å². The first kappa shape index (κ1) is 103. The number of benzene rings is 8. The Balaban J connectivity index is 0.000000738. The van der Waals surface area contributed by atoms with Gasteiger partial charge in [-0.2, -0.15) is 22.8 Å². The first-order chi connectivity index (χ1) is 52.1.